The summed E-state index contributed by atoms with van der Waals surface area (Å²) in [6, 6.07) is 5.55. The highest BCUT2D eigenvalue weighted by molar-refractivity contribution is 5.92. The molecule has 1 N–H and O–H groups in total. The van der Waals surface area contributed by atoms with Crippen LogP contribution in [0.25, 0.3) is 0 Å². The van der Waals surface area contributed by atoms with E-state index in [-0.39, 0.29) is 12.3 Å². The van der Waals surface area contributed by atoms with Crippen LogP contribution in [0, 0.1) is 13.8 Å². The molecule has 1 aromatic heterocycles. The van der Waals surface area contributed by atoms with E-state index in [4.69, 9.17) is 14.0 Å². The van der Waals surface area contributed by atoms with Gasteiger partial charge >= 0.3 is 0 Å². The fourth-order valence-corrected chi connectivity index (χ4v) is 3.59. The SMILES string of the molecule is Cc1noc(C)c1CC(=O)Nc1ccc2c(c1)OC1(CCCCC1)O2. The van der Waals surface area contributed by atoms with Gasteiger partial charge in [0.05, 0.1) is 12.1 Å². The highest BCUT2D eigenvalue weighted by Gasteiger charge is 2.42. The number of anilines is 1. The fraction of sp³-hybridized carbons (Fsp3) is 0.474. The van der Waals surface area contributed by atoms with Crippen LogP contribution in [-0.4, -0.2) is 16.9 Å². The number of aryl methyl sites for hydroxylation is 2. The maximum Gasteiger partial charge on any atom is 0.251 e. The van der Waals surface area contributed by atoms with Gasteiger partial charge < -0.3 is 19.3 Å². The Morgan fingerprint density at radius 3 is 2.64 bits per heavy atom. The van der Waals surface area contributed by atoms with E-state index in [1.165, 1.54) is 6.42 Å². The quantitative estimate of drug-likeness (QED) is 0.915. The van der Waals surface area contributed by atoms with Crippen LogP contribution in [0.1, 0.15) is 49.1 Å². The summed E-state index contributed by atoms with van der Waals surface area (Å²) in [5.74, 6) is 1.53. The lowest BCUT2D eigenvalue weighted by Gasteiger charge is -2.31. The minimum Gasteiger partial charge on any atom is -0.448 e. The molecule has 0 saturated heterocycles. The first-order chi connectivity index (χ1) is 12.0. The molecule has 2 heterocycles. The second-order valence-electron chi connectivity index (χ2n) is 6.86. The molecule has 1 amide bonds. The Balaban J connectivity index is 1.45. The third-order valence-electron chi connectivity index (χ3n) is 4.95. The molecule has 6 nitrogen and oxygen atoms in total. The van der Waals surface area contributed by atoms with Crippen molar-refractivity contribution < 1.29 is 18.8 Å². The Hall–Kier alpha value is -2.50. The maximum absolute atomic E-state index is 12.3. The molecule has 0 radical (unpaired) electrons. The van der Waals surface area contributed by atoms with Crippen LogP contribution in [-0.2, 0) is 11.2 Å². The zero-order valence-corrected chi connectivity index (χ0v) is 14.6. The van der Waals surface area contributed by atoms with Crippen LogP contribution in [0.2, 0.25) is 0 Å². The Labute approximate surface area is 146 Å². The molecule has 0 bridgehead atoms. The predicted octanol–water partition coefficient (Wildman–Crippen LogP) is 3.90. The average molecular weight is 342 g/mol. The molecule has 0 unspecified atom stereocenters. The molecule has 1 spiro atoms. The van der Waals surface area contributed by atoms with E-state index in [1.54, 1.807) is 0 Å². The summed E-state index contributed by atoms with van der Waals surface area (Å²) in [5.41, 5.74) is 2.28. The van der Waals surface area contributed by atoms with Crippen molar-refractivity contribution in [3.05, 3.63) is 35.2 Å². The molecule has 132 valence electrons. The van der Waals surface area contributed by atoms with Gasteiger partial charge in [-0.2, -0.15) is 0 Å². The Kier molecular flexibility index (Phi) is 3.90. The van der Waals surface area contributed by atoms with Gasteiger partial charge in [0.15, 0.2) is 11.5 Å². The molecule has 1 aromatic carbocycles. The van der Waals surface area contributed by atoms with Crippen molar-refractivity contribution in [2.45, 2.75) is 58.2 Å². The van der Waals surface area contributed by atoms with E-state index in [1.807, 2.05) is 32.0 Å². The largest absolute Gasteiger partial charge is 0.448 e. The van der Waals surface area contributed by atoms with E-state index >= 15 is 0 Å². The van der Waals surface area contributed by atoms with E-state index in [0.717, 1.165) is 42.7 Å². The number of fused-ring (bicyclic) bond motifs is 1. The van der Waals surface area contributed by atoms with Crippen LogP contribution < -0.4 is 14.8 Å². The van der Waals surface area contributed by atoms with Crippen LogP contribution in [0.5, 0.6) is 11.5 Å². The van der Waals surface area contributed by atoms with Gasteiger partial charge in [-0.1, -0.05) is 11.6 Å². The monoisotopic (exact) mass is 342 g/mol. The van der Waals surface area contributed by atoms with Gasteiger partial charge in [0.25, 0.3) is 5.79 Å². The molecule has 25 heavy (non-hydrogen) atoms. The molecule has 6 heteroatoms. The van der Waals surface area contributed by atoms with E-state index < -0.39 is 5.79 Å². The molecule has 2 aliphatic rings. The van der Waals surface area contributed by atoms with Gasteiger partial charge in [0, 0.05) is 30.2 Å². The minimum absolute atomic E-state index is 0.111. The van der Waals surface area contributed by atoms with Gasteiger partial charge in [-0.05, 0) is 38.8 Å². The van der Waals surface area contributed by atoms with E-state index in [9.17, 15) is 4.79 Å². The summed E-state index contributed by atoms with van der Waals surface area (Å²) >= 11 is 0. The standard InChI is InChI=1S/C19H22N2O4/c1-12-15(13(2)25-21-12)11-18(22)20-14-6-7-16-17(10-14)24-19(23-16)8-4-3-5-9-19/h6-7,10H,3-5,8-9,11H2,1-2H3,(H,20,22). The Morgan fingerprint density at radius 2 is 1.92 bits per heavy atom. The number of nitrogens with one attached hydrogen (secondary N) is 1. The molecule has 1 fully saturated rings. The summed E-state index contributed by atoms with van der Waals surface area (Å²) in [6.45, 7) is 3.65. The summed E-state index contributed by atoms with van der Waals surface area (Å²) in [7, 11) is 0. The summed E-state index contributed by atoms with van der Waals surface area (Å²) < 4.78 is 17.3. The van der Waals surface area contributed by atoms with Gasteiger partial charge in [0.2, 0.25) is 5.91 Å². The van der Waals surface area contributed by atoms with E-state index in [2.05, 4.69) is 10.5 Å². The zero-order valence-electron chi connectivity index (χ0n) is 14.6. The number of hydrogen-bond donors (Lipinski definition) is 1. The third kappa shape index (κ3) is 3.08. The van der Waals surface area contributed by atoms with Crippen molar-refractivity contribution in [3.63, 3.8) is 0 Å². The van der Waals surface area contributed by atoms with Crippen molar-refractivity contribution in [2.24, 2.45) is 0 Å². The molecule has 0 atom stereocenters. The third-order valence-corrected chi connectivity index (χ3v) is 4.95. The first-order valence-corrected chi connectivity index (χ1v) is 8.78. The number of carbonyl (C=O) groups excluding carboxylic acids is 1. The number of amides is 1. The van der Waals surface area contributed by atoms with Gasteiger partial charge in [-0.15, -0.1) is 0 Å². The second-order valence-corrected chi connectivity index (χ2v) is 6.86. The van der Waals surface area contributed by atoms with Gasteiger partial charge in [-0.25, -0.2) is 0 Å². The predicted molar refractivity (Wildman–Crippen MR) is 91.8 cm³/mol. The van der Waals surface area contributed by atoms with Crippen LogP contribution >= 0.6 is 0 Å². The Morgan fingerprint density at radius 1 is 1.16 bits per heavy atom. The van der Waals surface area contributed by atoms with Crippen LogP contribution in [0.4, 0.5) is 5.69 Å². The Bertz CT molecular complexity index is 786. The topological polar surface area (TPSA) is 73.6 Å². The first-order valence-electron chi connectivity index (χ1n) is 8.78. The molecular weight excluding hydrogens is 320 g/mol. The molecule has 1 aliphatic heterocycles. The number of ether oxygens (including phenoxy) is 2. The van der Waals surface area contributed by atoms with Crippen molar-refractivity contribution in [1.29, 1.82) is 0 Å². The maximum atomic E-state index is 12.3. The lowest BCUT2D eigenvalue weighted by atomic mass is 9.94. The summed E-state index contributed by atoms with van der Waals surface area (Å²) in [6.07, 6.45) is 5.53. The lowest BCUT2D eigenvalue weighted by molar-refractivity contribution is -0.115. The van der Waals surface area contributed by atoms with Gasteiger partial charge in [0.1, 0.15) is 5.76 Å². The minimum atomic E-state index is -0.500. The highest BCUT2D eigenvalue weighted by Crippen LogP contribution is 2.46. The molecular formula is C19H22N2O4. The number of aromatic nitrogens is 1. The van der Waals surface area contributed by atoms with Crippen molar-refractivity contribution >= 4 is 11.6 Å². The van der Waals surface area contributed by atoms with Crippen molar-refractivity contribution in [3.8, 4) is 11.5 Å². The second kappa shape index (κ2) is 6.10. The average Bonchev–Trinajstić information content (AvgIpc) is 3.09. The molecule has 1 saturated carbocycles. The van der Waals surface area contributed by atoms with Crippen LogP contribution in [0.3, 0.4) is 0 Å². The van der Waals surface area contributed by atoms with Crippen molar-refractivity contribution in [2.75, 3.05) is 5.32 Å². The molecule has 4 rings (SSSR count). The number of benzene rings is 1. The first kappa shape index (κ1) is 16.0. The summed E-state index contributed by atoms with van der Waals surface area (Å²) in [5, 5.41) is 6.79. The highest BCUT2D eigenvalue weighted by atomic mass is 16.7. The summed E-state index contributed by atoms with van der Waals surface area (Å²) in [4.78, 5) is 12.3. The lowest BCUT2D eigenvalue weighted by Crippen LogP contribution is -2.40. The molecule has 2 aromatic rings. The smallest absolute Gasteiger partial charge is 0.251 e. The van der Waals surface area contributed by atoms with E-state index in [0.29, 0.717) is 17.2 Å². The molecule has 1 aliphatic carbocycles. The van der Waals surface area contributed by atoms with Crippen molar-refractivity contribution in [1.82, 2.24) is 5.16 Å². The number of carbonyl (C=O) groups is 1. The van der Waals surface area contributed by atoms with Crippen LogP contribution in [0.15, 0.2) is 22.7 Å². The van der Waals surface area contributed by atoms with Gasteiger partial charge in [-0.3, -0.25) is 4.79 Å². The normalized spacial score (nSPS) is 17.7. The fourth-order valence-electron chi connectivity index (χ4n) is 3.59. The number of nitrogens with zero attached hydrogens (tertiary/aromatic N) is 1. The zero-order chi connectivity index (χ0) is 17.4. The number of hydrogen-bond acceptors (Lipinski definition) is 5. The number of rotatable bonds is 3.